The zero-order chi connectivity index (χ0) is 17.3. The number of primary amides is 1. The summed E-state index contributed by atoms with van der Waals surface area (Å²) in [5.41, 5.74) is 6.04. The van der Waals surface area contributed by atoms with Gasteiger partial charge in [-0.3, -0.25) is 19.5 Å². The fourth-order valence-electron chi connectivity index (χ4n) is 2.91. The van der Waals surface area contributed by atoms with Gasteiger partial charge in [0.2, 0.25) is 5.91 Å². The molecule has 3 N–H and O–H groups in total. The summed E-state index contributed by atoms with van der Waals surface area (Å²) in [6.07, 6.45) is 4.19. The van der Waals surface area contributed by atoms with Crippen LogP contribution in [0.1, 0.15) is 30.2 Å². The van der Waals surface area contributed by atoms with Crippen molar-refractivity contribution in [1.82, 2.24) is 14.9 Å². The van der Waals surface area contributed by atoms with Crippen LogP contribution in [0.2, 0.25) is 0 Å². The molecule has 0 saturated heterocycles. The molecule has 0 aliphatic heterocycles. The quantitative estimate of drug-likeness (QED) is 0.632. The lowest BCUT2D eigenvalue weighted by Gasteiger charge is -2.12. The Morgan fingerprint density at radius 2 is 2.12 bits per heavy atom. The number of thiophene rings is 1. The SMILES string of the molecule is CCn1c(SCC(=O)NC(N)=O)nc2sc3c(c2c1=O)CCCC3. The summed E-state index contributed by atoms with van der Waals surface area (Å²) in [7, 11) is 0. The monoisotopic (exact) mass is 366 g/mol. The maximum Gasteiger partial charge on any atom is 0.318 e. The van der Waals surface area contributed by atoms with Crippen LogP contribution in [0, 0.1) is 0 Å². The van der Waals surface area contributed by atoms with Gasteiger partial charge >= 0.3 is 6.03 Å². The van der Waals surface area contributed by atoms with Gasteiger partial charge in [-0.25, -0.2) is 9.78 Å². The number of nitrogens with one attached hydrogen (secondary N) is 1. The summed E-state index contributed by atoms with van der Waals surface area (Å²) in [5.74, 6) is -0.527. The number of hydrogen-bond donors (Lipinski definition) is 2. The fraction of sp³-hybridized carbons (Fsp3) is 0.467. The van der Waals surface area contributed by atoms with Crippen molar-refractivity contribution in [2.75, 3.05) is 5.75 Å². The number of rotatable bonds is 4. The minimum absolute atomic E-state index is 0.0218. The maximum absolute atomic E-state index is 12.9. The molecule has 0 saturated carbocycles. The molecule has 0 unspecified atom stereocenters. The highest BCUT2D eigenvalue weighted by molar-refractivity contribution is 7.99. The first-order chi connectivity index (χ1) is 11.5. The predicted octanol–water partition coefficient (Wildman–Crippen LogP) is 1.64. The topological polar surface area (TPSA) is 107 Å². The van der Waals surface area contributed by atoms with Crippen LogP contribution in [0.5, 0.6) is 0 Å². The van der Waals surface area contributed by atoms with Gasteiger partial charge in [-0.15, -0.1) is 11.3 Å². The van der Waals surface area contributed by atoms with Crippen molar-refractivity contribution in [3.63, 3.8) is 0 Å². The molecule has 2 aromatic heterocycles. The number of thioether (sulfide) groups is 1. The molecular weight excluding hydrogens is 348 g/mol. The Bertz CT molecular complexity index is 872. The number of amides is 3. The zero-order valence-electron chi connectivity index (χ0n) is 13.3. The van der Waals surface area contributed by atoms with Crippen molar-refractivity contribution >= 4 is 45.3 Å². The highest BCUT2D eigenvalue weighted by atomic mass is 32.2. The summed E-state index contributed by atoms with van der Waals surface area (Å²) >= 11 is 2.72. The Morgan fingerprint density at radius 1 is 1.38 bits per heavy atom. The fourth-order valence-corrected chi connectivity index (χ4v) is 5.08. The molecule has 1 aliphatic carbocycles. The highest BCUT2D eigenvalue weighted by Crippen LogP contribution is 2.34. The van der Waals surface area contributed by atoms with Crippen LogP contribution in [0.25, 0.3) is 10.2 Å². The van der Waals surface area contributed by atoms with E-state index in [1.807, 2.05) is 12.2 Å². The highest BCUT2D eigenvalue weighted by Gasteiger charge is 2.22. The summed E-state index contributed by atoms with van der Waals surface area (Å²) in [4.78, 5) is 41.8. The van der Waals surface area contributed by atoms with Crippen LogP contribution in [-0.2, 0) is 24.2 Å². The van der Waals surface area contributed by atoms with Crippen LogP contribution in [-0.4, -0.2) is 27.2 Å². The first-order valence-corrected chi connectivity index (χ1v) is 9.58. The molecule has 7 nitrogen and oxygen atoms in total. The van der Waals surface area contributed by atoms with E-state index in [-0.39, 0.29) is 11.3 Å². The number of nitrogens with two attached hydrogens (primary N) is 1. The van der Waals surface area contributed by atoms with Crippen LogP contribution in [0.3, 0.4) is 0 Å². The van der Waals surface area contributed by atoms with E-state index in [0.29, 0.717) is 11.7 Å². The third kappa shape index (κ3) is 3.18. The van der Waals surface area contributed by atoms with Gasteiger partial charge in [-0.2, -0.15) is 0 Å². The lowest BCUT2D eigenvalue weighted by molar-refractivity contribution is -0.117. The number of nitrogens with zero attached hydrogens (tertiary/aromatic N) is 2. The van der Waals surface area contributed by atoms with E-state index in [1.165, 1.54) is 4.88 Å². The van der Waals surface area contributed by atoms with Crippen LogP contribution < -0.4 is 16.6 Å². The van der Waals surface area contributed by atoms with Gasteiger partial charge in [-0.1, -0.05) is 11.8 Å². The van der Waals surface area contributed by atoms with E-state index >= 15 is 0 Å². The van der Waals surface area contributed by atoms with E-state index in [4.69, 9.17) is 5.73 Å². The molecule has 128 valence electrons. The first-order valence-electron chi connectivity index (χ1n) is 7.78. The molecule has 2 aromatic rings. The number of urea groups is 1. The summed E-state index contributed by atoms with van der Waals surface area (Å²) in [5, 5.41) is 3.24. The molecule has 3 amide bonds. The molecule has 2 heterocycles. The molecule has 0 radical (unpaired) electrons. The number of carbonyl (C=O) groups excluding carboxylic acids is 2. The lowest BCUT2D eigenvalue weighted by Crippen LogP contribution is -2.36. The number of fused-ring (bicyclic) bond motifs is 3. The van der Waals surface area contributed by atoms with Crippen LogP contribution >= 0.6 is 23.1 Å². The third-order valence-corrected chi connectivity index (χ3v) is 6.11. The minimum Gasteiger partial charge on any atom is -0.351 e. The van der Waals surface area contributed by atoms with Gasteiger partial charge in [0.25, 0.3) is 5.56 Å². The summed E-state index contributed by atoms with van der Waals surface area (Å²) < 4.78 is 1.59. The second kappa shape index (κ2) is 6.94. The number of hydrogen-bond acceptors (Lipinski definition) is 6. The molecule has 0 atom stereocenters. The molecule has 24 heavy (non-hydrogen) atoms. The van der Waals surface area contributed by atoms with Crippen molar-refractivity contribution in [1.29, 1.82) is 0 Å². The van der Waals surface area contributed by atoms with Gasteiger partial charge < -0.3 is 5.73 Å². The number of aryl methyl sites for hydroxylation is 2. The van der Waals surface area contributed by atoms with E-state index < -0.39 is 11.9 Å². The Balaban J connectivity index is 1.98. The van der Waals surface area contributed by atoms with E-state index in [0.717, 1.165) is 53.2 Å². The van der Waals surface area contributed by atoms with Gasteiger partial charge in [-0.05, 0) is 38.2 Å². The zero-order valence-corrected chi connectivity index (χ0v) is 14.9. The Morgan fingerprint density at radius 3 is 2.83 bits per heavy atom. The Hall–Kier alpha value is -1.87. The van der Waals surface area contributed by atoms with Crippen molar-refractivity contribution in [2.45, 2.75) is 44.3 Å². The number of imide groups is 1. The summed E-state index contributed by atoms with van der Waals surface area (Å²) in [6, 6.07) is -0.886. The second-order valence-corrected chi connectivity index (χ2v) is 7.56. The van der Waals surface area contributed by atoms with Gasteiger partial charge in [0.15, 0.2) is 5.16 Å². The molecule has 9 heteroatoms. The van der Waals surface area contributed by atoms with E-state index in [1.54, 1.807) is 15.9 Å². The molecule has 3 rings (SSSR count). The average Bonchev–Trinajstić information content (AvgIpc) is 2.90. The smallest absolute Gasteiger partial charge is 0.318 e. The normalized spacial score (nSPS) is 13.7. The van der Waals surface area contributed by atoms with Crippen molar-refractivity contribution in [3.8, 4) is 0 Å². The van der Waals surface area contributed by atoms with Gasteiger partial charge in [0.05, 0.1) is 11.1 Å². The third-order valence-electron chi connectivity index (χ3n) is 3.95. The van der Waals surface area contributed by atoms with E-state index in [2.05, 4.69) is 4.98 Å². The van der Waals surface area contributed by atoms with E-state index in [9.17, 15) is 14.4 Å². The van der Waals surface area contributed by atoms with Crippen LogP contribution in [0.15, 0.2) is 9.95 Å². The van der Waals surface area contributed by atoms with Gasteiger partial charge in [0.1, 0.15) is 4.83 Å². The number of aromatic nitrogens is 2. The average molecular weight is 366 g/mol. The Kier molecular flexibility index (Phi) is 4.91. The number of carbonyl (C=O) groups is 2. The van der Waals surface area contributed by atoms with Crippen molar-refractivity contribution in [3.05, 3.63) is 20.8 Å². The Labute approximate surface area is 146 Å². The van der Waals surface area contributed by atoms with Crippen molar-refractivity contribution in [2.24, 2.45) is 5.73 Å². The second-order valence-electron chi connectivity index (χ2n) is 5.54. The molecular formula is C15H18N4O3S2. The molecule has 1 aliphatic rings. The predicted molar refractivity (Wildman–Crippen MR) is 94.6 cm³/mol. The van der Waals surface area contributed by atoms with Gasteiger partial charge in [0, 0.05) is 11.4 Å². The largest absolute Gasteiger partial charge is 0.351 e. The summed E-state index contributed by atoms with van der Waals surface area (Å²) in [6.45, 7) is 2.35. The maximum atomic E-state index is 12.9. The molecule has 0 bridgehead atoms. The molecule has 0 fully saturated rings. The molecule has 0 spiro atoms. The molecule has 0 aromatic carbocycles. The standard InChI is InChI=1S/C15H18N4O3S2/c1-2-19-13(21)11-8-5-3-4-6-9(8)24-12(11)18-15(19)23-7-10(20)17-14(16)22/h2-7H2,1H3,(H3,16,17,20,22). The van der Waals surface area contributed by atoms with Crippen molar-refractivity contribution < 1.29 is 9.59 Å². The minimum atomic E-state index is -0.886. The van der Waals surface area contributed by atoms with Crippen LogP contribution in [0.4, 0.5) is 4.79 Å². The first kappa shape index (κ1) is 17.0. The lowest BCUT2D eigenvalue weighted by atomic mass is 9.97.